The van der Waals surface area contributed by atoms with Crippen molar-refractivity contribution in [3.63, 3.8) is 0 Å². The Morgan fingerprint density at radius 3 is 2.79 bits per heavy atom. The molecule has 0 aliphatic carbocycles. The van der Waals surface area contributed by atoms with E-state index >= 15 is 0 Å². The lowest BCUT2D eigenvalue weighted by Crippen LogP contribution is -2.55. The number of likely N-dealkylation sites (N-methyl/N-ethyl adjacent to an activating group) is 1. The quantitative estimate of drug-likeness (QED) is 0.847. The Labute approximate surface area is 118 Å². The lowest BCUT2D eigenvalue weighted by Gasteiger charge is -2.41. The van der Waals surface area contributed by atoms with Crippen molar-refractivity contribution in [2.45, 2.75) is 6.04 Å². The van der Waals surface area contributed by atoms with Crippen molar-refractivity contribution < 1.29 is 4.79 Å². The normalized spacial score (nSPS) is 20.6. The summed E-state index contributed by atoms with van der Waals surface area (Å²) in [5.74, 6) is -0.470. The molecule has 1 heterocycles. The number of hydrogen-bond acceptors (Lipinski definition) is 4. The summed E-state index contributed by atoms with van der Waals surface area (Å²) < 4.78 is 0. The van der Waals surface area contributed by atoms with Crippen molar-refractivity contribution in [2.75, 3.05) is 38.1 Å². The van der Waals surface area contributed by atoms with Crippen LogP contribution in [0.3, 0.4) is 0 Å². The second-order valence-corrected chi connectivity index (χ2v) is 5.28. The van der Waals surface area contributed by atoms with E-state index in [0.29, 0.717) is 17.1 Å². The van der Waals surface area contributed by atoms with E-state index in [1.165, 1.54) is 0 Å². The minimum absolute atomic E-state index is 0.232. The molecule has 0 saturated carbocycles. The van der Waals surface area contributed by atoms with Crippen LogP contribution in [0.4, 0.5) is 5.69 Å². The number of anilines is 1. The molecule has 19 heavy (non-hydrogen) atoms. The summed E-state index contributed by atoms with van der Waals surface area (Å²) >= 11 is 6.26. The van der Waals surface area contributed by atoms with Gasteiger partial charge in [0.2, 0.25) is 5.91 Å². The smallest absolute Gasteiger partial charge is 0.248 e. The van der Waals surface area contributed by atoms with Crippen LogP contribution in [0.25, 0.3) is 0 Å². The number of carbonyl (C=O) groups excluding carboxylic acids is 1. The molecule has 4 N–H and O–H groups in total. The molecule has 1 aromatic carbocycles. The number of nitrogens with zero attached hydrogens (tertiary/aromatic N) is 2. The van der Waals surface area contributed by atoms with Gasteiger partial charge in [0.15, 0.2) is 0 Å². The van der Waals surface area contributed by atoms with Crippen molar-refractivity contribution in [2.24, 2.45) is 11.5 Å². The summed E-state index contributed by atoms with van der Waals surface area (Å²) in [4.78, 5) is 15.6. The summed E-state index contributed by atoms with van der Waals surface area (Å²) in [7, 11) is 2.08. The summed E-state index contributed by atoms with van der Waals surface area (Å²) in [6.07, 6.45) is 0. The van der Waals surface area contributed by atoms with Crippen LogP contribution in [0, 0.1) is 0 Å². The van der Waals surface area contributed by atoms with Gasteiger partial charge in [-0.2, -0.15) is 0 Å². The van der Waals surface area contributed by atoms with E-state index < -0.39 is 5.91 Å². The Kier molecular flexibility index (Phi) is 4.29. The maximum absolute atomic E-state index is 11.1. The van der Waals surface area contributed by atoms with Gasteiger partial charge < -0.3 is 21.3 Å². The van der Waals surface area contributed by atoms with E-state index in [2.05, 4.69) is 16.8 Å². The fraction of sp³-hybridized carbons (Fsp3) is 0.462. The minimum Gasteiger partial charge on any atom is -0.366 e. The molecule has 1 saturated heterocycles. The Balaban J connectivity index is 2.28. The van der Waals surface area contributed by atoms with Crippen molar-refractivity contribution in [3.8, 4) is 0 Å². The molecule has 1 amide bonds. The van der Waals surface area contributed by atoms with Crippen molar-refractivity contribution in [3.05, 3.63) is 28.8 Å². The van der Waals surface area contributed by atoms with E-state index in [9.17, 15) is 4.79 Å². The average Bonchev–Trinajstić information content (AvgIpc) is 2.38. The average molecular weight is 283 g/mol. The molecule has 2 rings (SSSR count). The number of rotatable bonds is 3. The van der Waals surface area contributed by atoms with Crippen LogP contribution >= 0.6 is 11.6 Å². The topological polar surface area (TPSA) is 75.6 Å². The molecule has 1 unspecified atom stereocenters. The molecule has 0 spiro atoms. The van der Waals surface area contributed by atoms with Gasteiger partial charge in [0, 0.05) is 31.7 Å². The van der Waals surface area contributed by atoms with Gasteiger partial charge in [-0.25, -0.2) is 0 Å². The number of carbonyl (C=O) groups is 1. The highest BCUT2D eigenvalue weighted by atomic mass is 35.5. The first-order chi connectivity index (χ1) is 9.02. The predicted molar refractivity (Wildman–Crippen MR) is 77.7 cm³/mol. The summed E-state index contributed by atoms with van der Waals surface area (Å²) in [6.45, 7) is 3.31. The Morgan fingerprint density at radius 2 is 2.21 bits per heavy atom. The van der Waals surface area contributed by atoms with Gasteiger partial charge >= 0.3 is 0 Å². The lowest BCUT2D eigenvalue weighted by molar-refractivity contribution is 0.100. The van der Waals surface area contributed by atoms with Crippen LogP contribution in [-0.2, 0) is 0 Å². The zero-order valence-corrected chi connectivity index (χ0v) is 11.7. The molecule has 5 nitrogen and oxygen atoms in total. The van der Waals surface area contributed by atoms with E-state index in [4.69, 9.17) is 23.1 Å². The summed E-state index contributed by atoms with van der Waals surface area (Å²) in [5.41, 5.74) is 12.4. The van der Waals surface area contributed by atoms with Crippen LogP contribution in [0.15, 0.2) is 18.2 Å². The van der Waals surface area contributed by atoms with Crippen LogP contribution < -0.4 is 16.4 Å². The molecule has 0 radical (unpaired) electrons. The highest BCUT2D eigenvalue weighted by molar-refractivity contribution is 6.33. The van der Waals surface area contributed by atoms with Gasteiger partial charge in [-0.15, -0.1) is 0 Å². The molecular formula is C13H19ClN4O. The monoisotopic (exact) mass is 282 g/mol. The zero-order valence-electron chi connectivity index (χ0n) is 11.0. The first kappa shape index (κ1) is 14.1. The van der Waals surface area contributed by atoms with Gasteiger partial charge in [-0.3, -0.25) is 4.79 Å². The number of hydrogen-bond donors (Lipinski definition) is 2. The highest BCUT2D eigenvalue weighted by Gasteiger charge is 2.25. The van der Waals surface area contributed by atoms with Crippen molar-refractivity contribution in [1.82, 2.24) is 4.90 Å². The Bertz CT molecular complexity index is 480. The van der Waals surface area contributed by atoms with Gasteiger partial charge in [0.1, 0.15) is 0 Å². The number of amides is 1. The molecule has 0 bridgehead atoms. The van der Waals surface area contributed by atoms with E-state index in [-0.39, 0.29) is 6.04 Å². The van der Waals surface area contributed by atoms with Gasteiger partial charge in [0.25, 0.3) is 0 Å². The van der Waals surface area contributed by atoms with Crippen LogP contribution in [0.2, 0.25) is 5.02 Å². The number of nitrogens with two attached hydrogens (primary N) is 2. The second kappa shape index (κ2) is 5.77. The SMILES string of the molecule is CN1CCN(c2ccc(C(N)=O)cc2Cl)C(CN)C1. The van der Waals surface area contributed by atoms with Crippen molar-refractivity contribution in [1.29, 1.82) is 0 Å². The second-order valence-electron chi connectivity index (χ2n) is 4.88. The van der Waals surface area contributed by atoms with E-state index in [1.807, 2.05) is 6.07 Å². The maximum Gasteiger partial charge on any atom is 0.248 e. The van der Waals surface area contributed by atoms with Crippen LogP contribution in [-0.4, -0.2) is 50.1 Å². The first-order valence-electron chi connectivity index (χ1n) is 6.27. The van der Waals surface area contributed by atoms with Crippen molar-refractivity contribution >= 4 is 23.2 Å². The van der Waals surface area contributed by atoms with E-state index in [0.717, 1.165) is 25.3 Å². The number of piperazine rings is 1. The third-order valence-electron chi connectivity index (χ3n) is 3.50. The Hall–Kier alpha value is -1.30. The minimum atomic E-state index is -0.470. The third kappa shape index (κ3) is 3.00. The maximum atomic E-state index is 11.1. The van der Waals surface area contributed by atoms with Crippen LogP contribution in [0.1, 0.15) is 10.4 Å². The van der Waals surface area contributed by atoms with E-state index in [1.54, 1.807) is 12.1 Å². The number of halogens is 1. The molecule has 0 aromatic heterocycles. The first-order valence-corrected chi connectivity index (χ1v) is 6.65. The van der Waals surface area contributed by atoms with Crippen LogP contribution in [0.5, 0.6) is 0 Å². The van der Waals surface area contributed by atoms with Gasteiger partial charge in [0.05, 0.1) is 16.8 Å². The fourth-order valence-corrected chi connectivity index (χ4v) is 2.71. The molecule has 1 fully saturated rings. The zero-order chi connectivity index (χ0) is 14.0. The molecule has 1 aliphatic heterocycles. The summed E-state index contributed by atoms with van der Waals surface area (Å²) in [6, 6.07) is 5.40. The lowest BCUT2D eigenvalue weighted by atomic mass is 10.1. The highest BCUT2D eigenvalue weighted by Crippen LogP contribution is 2.29. The molecule has 1 aliphatic rings. The molecule has 104 valence electrons. The molecule has 6 heteroatoms. The standard InChI is InChI=1S/C13H19ClN4O/c1-17-4-5-18(10(7-15)8-17)12-3-2-9(13(16)19)6-11(12)14/h2-3,6,10H,4-5,7-8,15H2,1H3,(H2,16,19). The molecule has 1 aromatic rings. The fourth-order valence-electron chi connectivity index (χ4n) is 2.42. The summed E-state index contributed by atoms with van der Waals surface area (Å²) in [5, 5.41) is 0.541. The molecular weight excluding hydrogens is 264 g/mol. The largest absolute Gasteiger partial charge is 0.366 e. The van der Waals surface area contributed by atoms with Gasteiger partial charge in [-0.05, 0) is 25.2 Å². The molecule has 1 atom stereocenters. The number of benzene rings is 1. The number of primary amides is 1. The van der Waals surface area contributed by atoms with Gasteiger partial charge in [-0.1, -0.05) is 11.6 Å². The third-order valence-corrected chi connectivity index (χ3v) is 3.80. The Morgan fingerprint density at radius 1 is 1.47 bits per heavy atom. The predicted octanol–water partition coefficient (Wildman–Crippen LogP) is 0.518.